The Balaban J connectivity index is 1.65. The fourth-order valence-electron chi connectivity index (χ4n) is 2.75. The number of carbonyl (C=O) groups excluding carboxylic acids is 1. The van der Waals surface area contributed by atoms with Crippen LogP contribution in [0.4, 0.5) is 13.2 Å². The fraction of sp³-hybridized carbons (Fsp3) is 0.211. The van der Waals surface area contributed by atoms with Crippen molar-refractivity contribution in [3.8, 4) is 5.75 Å². The zero-order valence-electron chi connectivity index (χ0n) is 13.3. The lowest BCUT2D eigenvalue weighted by Crippen LogP contribution is -2.34. The smallest absolute Gasteiger partial charge is 0.406 e. The van der Waals surface area contributed by atoms with Crippen LogP contribution in [-0.4, -0.2) is 30.3 Å². The van der Waals surface area contributed by atoms with Gasteiger partial charge in [-0.3, -0.25) is 4.79 Å². The topological polar surface area (TPSA) is 29.5 Å². The molecule has 1 heterocycles. The molecule has 0 atom stereocenters. The van der Waals surface area contributed by atoms with Gasteiger partial charge in [0.1, 0.15) is 5.75 Å². The lowest BCUT2D eigenvalue weighted by molar-refractivity contribution is -0.274. The van der Waals surface area contributed by atoms with Crippen LogP contribution in [0.25, 0.3) is 5.57 Å². The molecule has 25 heavy (non-hydrogen) atoms. The molecule has 1 aliphatic heterocycles. The van der Waals surface area contributed by atoms with Gasteiger partial charge in [-0.1, -0.05) is 36.4 Å². The van der Waals surface area contributed by atoms with Gasteiger partial charge in [0.25, 0.3) is 5.91 Å². The lowest BCUT2D eigenvalue weighted by Gasteiger charge is -2.27. The summed E-state index contributed by atoms with van der Waals surface area (Å²) in [5.41, 5.74) is 2.67. The first-order chi connectivity index (χ1) is 11.9. The molecule has 0 fully saturated rings. The van der Waals surface area contributed by atoms with Crippen molar-refractivity contribution in [1.82, 2.24) is 4.90 Å². The van der Waals surface area contributed by atoms with E-state index in [1.807, 2.05) is 36.4 Å². The van der Waals surface area contributed by atoms with Gasteiger partial charge in [0.05, 0.1) is 0 Å². The van der Waals surface area contributed by atoms with Gasteiger partial charge in [0.2, 0.25) is 0 Å². The molecular formula is C19H16F3NO2. The van der Waals surface area contributed by atoms with E-state index in [4.69, 9.17) is 0 Å². The third-order valence-electron chi connectivity index (χ3n) is 3.98. The number of nitrogens with zero attached hydrogens (tertiary/aromatic N) is 1. The van der Waals surface area contributed by atoms with Crippen LogP contribution in [0.2, 0.25) is 0 Å². The number of ether oxygens (including phenoxy) is 1. The molecule has 0 saturated heterocycles. The summed E-state index contributed by atoms with van der Waals surface area (Å²) >= 11 is 0. The van der Waals surface area contributed by atoms with Crippen molar-refractivity contribution in [3.05, 3.63) is 71.8 Å². The van der Waals surface area contributed by atoms with E-state index in [1.165, 1.54) is 17.7 Å². The zero-order chi connectivity index (χ0) is 17.9. The maximum Gasteiger partial charge on any atom is 0.573 e. The second-order valence-electron chi connectivity index (χ2n) is 5.67. The summed E-state index contributed by atoms with van der Waals surface area (Å²) in [6, 6.07) is 14.9. The van der Waals surface area contributed by atoms with Crippen LogP contribution in [-0.2, 0) is 0 Å². The highest BCUT2D eigenvalue weighted by Crippen LogP contribution is 2.25. The number of carbonyl (C=O) groups is 1. The minimum absolute atomic E-state index is 0.207. The van der Waals surface area contributed by atoms with Gasteiger partial charge < -0.3 is 9.64 Å². The van der Waals surface area contributed by atoms with Crippen molar-refractivity contribution in [2.24, 2.45) is 0 Å². The van der Waals surface area contributed by atoms with Gasteiger partial charge in [0.15, 0.2) is 0 Å². The van der Waals surface area contributed by atoms with E-state index in [0.29, 0.717) is 18.7 Å². The van der Waals surface area contributed by atoms with Crippen molar-refractivity contribution in [3.63, 3.8) is 0 Å². The van der Waals surface area contributed by atoms with Gasteiger partial charge in [-0.15, -0.1) is 13.2 Å². The van der Waals surface area contributed by atoms with E-state index in [0.717, 1.165) is 24.1 Å². The summed E-state index contributed by atoms with van der Waals surface area (Å²) in [6.07, 6.45) is -1.99. The maximum absolute atomic E-state index is 12.5. The second-order valence-corrected chi connectivity index (χ2v) is 5.67. The molecule has 0 bridgehead atoms. The van der Waals surface area contributed by atoms with Crippen LogP contribution in [0, 0.1) is 0 Å². The number of amides is 1. The van der Waals surface area contributed by atoms with Crippen molar-refractivity contribution in [2.45, 2.75) is 12.8 Å². The van der Waals surface area contributed by atoms with Crippen LogP contribution in [0.1, 0.15) is 22.3 Å². The third-order valence-corrected chi connectivity index (χ3v) is 3.98. The summed E-state index contributed by atoms with van der Waals surface area (Å²) in [7, 11) is 0. The monoisotopic (exact) mass is 347 g/mol. The molecule has 0 spiro atoms. The van der Waals surface area contributed by atoms with Gasteiger partial charge in [0, 0.05) is 18.7 Å². The summed E-state index contributed by atoms with van der Waals surface area (Å²) in [5, 5.41) is 0. The van der Waals surface area contributed by atoms with Crippen LogP contribution >= 0.6 is 0 Å². The second kappa shape index (κ2) is 7.01. The molecule has 2 aromatic carbocycles. The number of benzene rings is 2. The minimum atomic E-state index is -4.74. The quantitative estimate of drug-likeness (QED) is 0.817. The Morgan fingerprint density at radius 2 is 1.68 bits per heavy atom. The van der Waals surface area contributed by atoms with Crippen molar-refractivity contribution in [2.75, 3.05) is 13.1 Å². The Hall–Kier alpha value is -2.76. The van der Waals surface area contributed by atoms with Gasteiger partial charge >= 0.3 is 6.36 Å². The first-order valence-electron chi connectivity index (χ1n) is 7.82. The fourth-order valence-corrected chi connectivity index (χ4v) is 2.75. The largest absolute Gasteiger partial charge is 0.573 e. The third kappa shape index (κ3) is 4.41. The predicted octanol–water partition coefficient (Wildman–Crippen LogP) is 4.51. The van der Waals surface area contributed by atoms with Crippen LogP contribution in [0.3, 0.4) is 0 Å². The average molecular weight is 347 g/mol. The summed E-state index contributed by atoms with van der Waals surface area (Å²) in [5.74, 6) is -0.545. The van der Waals surface area contributed by atoms with Crippen LogP contribution in [0.5, 0.6) is 5.75 Å². The summed E-state index contributed by atoms with van der Waals surface area (Å²) in [4.78, 5) is 14.1. The number of halogens is 3. The molecule has 1 amide bonds. The molecule has 0 radical (unpaired) electrons. The number of rotatable bonds is 3. The van der Waals surface area contributed by atoms with E-state index in [9.17, 15) is 18.0 Å². The Morgan fingerprint density at radius 1 is 1.00 bits per heavy atom. The molecule has 0 unspecified atom stereocenters. The van der Waals surface area contributed by atoms with Crippen molar-refractivity contribution >= 4 is 11.5 Å². The van der Waals surface area contributed by atoms with E-state index in [-0.39, 0.29) is 11.7 Å². The highest BCUT2D eigenvalue weighted by Gasteiger charge is 2.31. The van der Waals surface area contributed by atoms with Gasteiger partial charge in [-0.05, 0) is 41.8 Å². The molecule has 2 aromatic rings. The Bertz CT molecular complexity index is 768. The number of alkyl halides is 3. The highest BCUT2D eigenvalue weighted by molar-refractivity contribution is 5.95. The van der Waals surface area contributed by atoms with Crippen LogP contribution in [0.15, 0.2) is 60.7 Å². The lowest BCUT2D eigenvalue weighted by atomic mass is 9.99. The Labute approximate surface area is 143 Å². The van der Waals surface area contributed by atoms with Gasteiger partial charge in [-0.2, -0.15) is 0 Å². The normalized spacial score (nSPS) is 14.8. The molecule has 3 rings (SSSR count). The molecule has 130 valence electrons. The first-order valence-corrected chi connectivity index (χ1v) is 7.82. The average Bonchev–Trinajstić information content (AvgIpc) is 2.61. The van der Waals surface area contributed by atoms with Crippen LogP contribution < -0.4 is 4.74 Å². The molecule has 0 saturated carbocycles. The summed E-state index contributed by atoms with van der Waals surface area (Å²) in [6.45, 7) is 1.05. The van der Waals surface area contributed by atoms with E-state index in [1.54, 1.807) is 4.90 Å². The molecule has 3 nitrogen and oxygen atoms in total. The molecule has 0 N–H and O–H groups in total. The number of hydrogen-bond acceptors (Lipinski definition) is 2. The molecule has 0 aliphatic carbocycles. The minimum Gasteiger partial charge on any atom is -0.406 e. The molecule has 6 heteroatoms. The first kappa shape index (κ1) is 17.1. The standard InChI is InChI=1S/C19H16F3NO2/c20-19(21,22)25-17-8-6-16(7-9-17)18(24)23-12-10-15(11-13-23)14-4-2-1-3-5-14/h1-10H,11-13H2. The maximum atomic E-state index is 12.5. The van der Waals surface area contributed by atoms with Crippen molar-refractivity contribution in [1.29, 1.82) is 0 Å². The summed E-state index contributed by atoms with van der Waals surface area (Å²) < 4.78 is 40.3. The molecule has 1 aliphatic rings. The molecule has 0 aromatic heterocycles. The SMILES string of the molecule is O=C(c1ccc(OC(F)(F)F)cc1)N1CC=C(c2ccccc2)CC1. The van der Waals surface area contributed by atoms with E-state index in [2.05, 4.69) is 4.74 Å². The Kier molecular flexibility index (Phi) is 4.79. The Morgan fingerprint density at radius 3 is 2.24 bits per heavy atom. The van der Waals surface area contributed by atoms with Gasteiger partial charge in [-0.25, -0.2) is 0 Å². The van der Waals surface area contributed by atoms with Crippen molar-refractivity contribution < 1.29 is 22.7 Å². The van der Waals surface area contributed by atoms with E-state index < -0.39 is 6.36 Å². The number of hydrogen-bond donors (Lipinski definition) is 0. The van der Waals surface area contributed by atoms with E-state index >= 15 is 0 Å². The predicted molar refractivity (Wildman–Crippen MR) is 88.1 cm³/mol. The zero-order valence-corrected chi connectivity index (χ0v) is 13.3. The highest BCUT2D eigenvalue weighted by atomic mass is 19.4. The molecular weight excluding hydrogens is 331 g/mol.